The highest BCUT2D eigenvalue weighted by atomic mass is 79.9. The van der Waals surface area contributed by atoms with E-state index in [0.29, 0.717) is 50.8 Å². The van der Waals surface area contributed by atoms with Gasteiger partial charge in [0.1, 0.15) is 11.6 Å². The van der Waals surface area contributed by atoms with Gasteiger partial charge in [0.2, 0.25) is 11.8 Å². The van der Waals surface area contributed by atoms with E-state index in [2.05, 4.69) is 26.3 Å². The Hall–Kier alpha value is -5.04. The molecule has 6 atom stereocenters. The minimum Gasteiger partial charge on any atom is -0.508 e. The molecule has 13 heteroatoms. The van der Waals surface area contributed by atoms with Crippen LogP contribution >= 0.6 is 27.5 Å². The number of hydrazine groups is 1. The normalized spacial score (nSPS) is 27.5. The number of ether oxygens (including phenoxy) is 1. The standard InChI is InChI=1S/C42H35BrClFN4O6/c43-24-3-16-35(50)33(21-24)37-30-14-15-31-36(40(53)48(38(31)51)29-12-10-28(11-13-29)47-17-19-55-20-18-47)32(30)22-34-39(52)49(46-27-8-6-26(45)7-9-27)41(54)42(34,37)23-1-4-25(44)5-2-23/h1-14,16,21,31-32,34,36-37,46,50H,15,17-20,22H2/t31-,32+,34-,36-,37+,42+/m0/s1. The summed E-state index contributed by atoms with van der Waals surface area (Å²) in [5, 5.41) is 13.0. The molecule has 3 saturated heterocycles. The van der Waals surface area contributed by atoms with Crippen LogP contribution in [0.25, 0.3) is 0 Å². The van der Waals surface area contributed by atoms with Gasteiger partial charge in [0.15, 0.2) is 0 Å². The SMILES string of the molecule is O=C1[C@@H]2C[C@@H]3C(=CC[C@@H]4C(=O)N(c5ccc(N6CCOCC6)cc5)C(=O)[C@@H]43)[C@H](c3cc(Br)ccc3O)[C@]2(c2ccc(Cl)cc2)C(=O)N1Nc1ccc(F)cc1. The summed E-state index contributed by atoms with van der Waals surface area (Å²) in [7, 11) is 0. The van der Waals surface area contributed by atoms with Crippen molar-refractivity contribution < 1.29 is 33.4 Å². The summed E-state index contributed by atoms with van der Waals surface area (Å²) in [6.45, 7) is 2.73. The van der Waals surface area contributed by atoms with Crippen LogP contribution in [0.1, 0.15) is 29.9 Å². The zero-order valence-electron chi connectivity index (χ0n) is 29.3. The number of carbonyl (C=O) groups excluding carboxylic acids is 4. The van der Waals surface area contributed by atoms with E-state index in [9.17, 15) is 23.9 Å². The molecule has 5 aliphatic rings. The van der Waals surface area contributed by atoms with E-state index in [0.717, 1.165) is 23.8 Å². The van der Waals surface area contributed by atoms with Gasteiger partial charge in [-0.2, -0.15) is 5.01 Å². The number of fused-ring (bicyclic) bond motifs is 4. The second kappa shape index (κ2) is 13.6. The zero-order valence-corrected chi connectivity index (χ0v) is 31.7. The number of nitrogens with one attached hydrogen (secondary N) is 1. The predicted octanol–water partition coefficient (Wildman–Crippen LogP) is 6.97. The maximum Gasteiger partial charge on any atom is 0.260 e. The maximum absolute atomic E-state index is 15.3. The molecule has 4 aromatic carbocycles. The fourth-order valence-electron chi connectivity index (χ4n) is 9.64. The van der Waals surface area contributed by atoms with Crippen LogP contribution in [0.3, 0.4) is 0 Å². The minimum atomic E-state index is -1.61. The fraction of sp³-hybridized carbons (Fsp3) is 0.286. The highest BCUT2D eigenvalue weighted by Gasteiger charge is 2.70. The summed E-state index contributed by atoms with van der Waals surface area (Å²) in [4.78, 5) is 62.5. The Morgan fingerprint density at radius 2 is 1.53 bits per heavy atom. The molecular formula is C42H35BrClFN4O6. The van der Waals surface area contributed by atoms with Crippen molar-refractivity contribution in [3.05, 3.63) is 129 Å². The molecular weight excluding hydrogens is 791 g/mol. The first-order valence-electron chi connectivity index (χ1n) is 18.2. The fourth-order valence-corrected chi connectivity index (χ4v) is 10.1. The lowest BCUT2D eigenvalue weighted by atomic mass is 9.49. The van der Waals surface area contributed by atoms with Crippen LogP contribution in [0.4, 0.5) is 21.5 Å². The van der Waals surface area contributed by atoms with Crippen LogP contribution < -0.4 is 15.2 Å². The third-order valence-corrected chi connectivity index (χ3v) is 12.8. The van der Waals surface area contributed by atoms with Crippen molar-refractivity contribution in [3.8, 4) is 5.75 Å². The lowest BCUT2D eigenvalue weighted by molar-refractivity contribution is -0.138. The zero-order chi connectivity index (χ0) is 38.2. The number of benzene rings is 4. The molecule has 9 rings (SSSR count). The molecule has 0 aromatic heterocycles. The first kappa shape index (κ1) is 35.6. The number of hydrogen-bond acceptors (Lipinski definition) is 8. The van der Waals surface area contributed by atoms with Gasteiger partial charge in [-0.15, -0.1) is 0 Å². The van der Waals surface area contributed by atoms with Crippen molar-refractivity contribution in [1.82, 2.24) is 5.01 Å². The quantitative estimate of drug-likeness (QED) is 0.158. The van der Waals surface area contributed by atoms with Gasteiger partial charge in [-0.3, -0.25) is 29.5 Å². The summed E-state index contributed by atoms with van der Waals surface area (Å²) in [6.07, 6.45) is 2.25. The number of imide groups is 2. The van der Waals surface area contributed by atoms with Crippen LogP contribution in [-0.4, -0.2) is 60.0 Å². The molecule has 2 N–H and O–H groups in total. The highest BCUT2D eigenvalue weighted by Crippen LogP contribution is 2.65. The molecule has 55 heavy (non-hydrogen) atoms. The predicted molar refractivity (Wildman–Crippen MR) is 207 cm³/mol. The van der Waals surface area contributed by atoms with E-state index in [1.807, 2.05) is 18.2 Å². The van der Waals surface area contributed by atoms with Crippen LogP contribution in [0, 0.1) is 29.5 Å². The second-order valence-corrected chi connectivity index (χ2v) is 16.1. The topological polar surface area (TPSA) is 119 Å². The summed E-state index contributed by atoms with van der Waals surface area (Å²) >= 11 is 9.93. The van der Waals surface area contributed by atoms with Crippen LogP contribution in [0.15, 0.2) is 107 Å². The molecule has 1 saturated carbocycles. The van der Waals surface area contributed by atoms with Crippen molar-refractivity contribution in [2.75, 3.05) is 41.5 Å². The van der Waals surface area contributed by atoms with E-state index >= 15 is 4.79 Å². The van der Waals surface area contributed by atoms with Crippen molar-refractivity contribution >= 4 is 68.2 Å². The van der Waals surface area contributed by atoms with Gasteiger partial charge >= 0.3 is 0 Å². The van der Waals surface area contributed by atoms with E-state index in [-0.39, 0.29) is 30.4 Å². The lowest BCUT2D eigenvalue weighted by Gasteiger charge is -2.50. The molecule has 0 spiro atoms. The van der Waals surface area contributed by atoms with Gasteiger partial charge in [-0.25, -0.2) is 4.39 Å². The molecule has 10 nitrogen and oxygen atoms in total. The largest absolute Gasteiger partial charge is 0.508 e. The maximum atomic E-state index is 15.3. The lowest BCUT2D eigenvalue weighted by Crippen LogP contribution is -2.53. The van der Waals surface area contributed by atoms with E-state index < -0.39 is 52.6 Å². The van der Waals surface area contributed by atoms with Crippen LogP contribution in [0.2, 0.25) is 5.02 Å². The Morgan fingerprint density at radius 3 is 2.24 bits per heavy atom. The number of phenols is 1. The minimum absolute atomic E-state index is 0.0793. The van der Waals surface area contributed by atoms with Gasteiger partial charge in [0.25, 0.3) is 11.8 Å². The van der Waals surface area contributed by atoms with Crippen molar-refractivity contribution in [2.45, 2.75) is 24.2 Å². The molecule has 4 fully saturated rings. The monoisotopic (exact) mass is 824 g/mol. The average Bonchev–Trinajstić information content (AvgIpc) is 3.58. The van der Waals surface area contributed by atoms with Crippen molar-refractivity contribution in [2.24, 2.45) is 23.7 Å². The number of carbonyl (C=O) groups is 4. The molecule has 3 aliphatic heterocycles. The van der Waals surface area contributed by atoms with Gasteiger partial charge < -0.3 is 14.7 Å². The van der Waals surface area contributed by atoms with Crippen LogP contribution in [0.5, 0.6) is 5.75 Å². The van der Waals surface area contributed by atoms with Crippen molar-refractivity contribution in [3.63, 3.8) is 0 Å². The average molecular weight is 826 g/mol. The van der Waals surface area contributed by atoms with Crippen molar-refractivity contribution in [1.29, 1.82) is 0 Å². The Bertz CT molecular complexity index is 2270. The summed E-state index contributed by atoms with van der Waals surface area (Å²) in [5.41, 5.74) is 4.69. The van der Waals surface area contributed by atoms with Gasteiger partial charge in [0.05, 0.1) is 47.8 Å². The Morgan fingerprint density at radius 1 is 0.836 bits per heavy atom. The van der Waals surface area contributed by atoms with E-state index in [4.69, 9.17) is 16.3 Å². The number of allylic oxidation sites excluding steroid dienone is 2. The number of rotatable bonds is 6. The van der Waals surface area contributed by atoms with E-state index in [1.165, 1.54) is 35.2 Å². The summed E-state index contributed by atoms with van der Waals surface area (Å²) in [6, 6.07) is 24.4. The molecule has 2 aliphatic carbocycles. The summed E-state index contributed by atoms with van der Waals surface area (Å²) < 4.78 is 20.0. The smallest absolute Gasteiger partial charge is 0.260 e. The summed E-state index contributed by atoms with van der Waals surface area (Å²) in [5.74, 6) is -6.45. The number of morpholine rings is 1. The number of hydrogen-bond donors (Lipinski definition) is 2. The van der Waals surface area contributed by atoms with Crippen LogP contribution in [-0.2, 0) is 29.3 Å². The number of anilines is 3. The molecule has 0 radical (unpaired) electrons. The number of aromatic hydroxyl groups is 1. The number of halogens is 3. The molecule has 0 bridgehead atoms. The van der Waals surface area contributed by atoms with Gasteiger partial charge in [-0.05, 0) is 103 Å². The third kappa shape index (κ3) is 5.59. The van der Waals surface area contributed by atoms with E-state index in [1.54, 1.807) is 48.5 Å². The van der Waals surface area contributed by atoms with Gasteiger partial charge in [0, 0.05) is 39.8 Å². The highest BCUT2D eigenvalue weighted by molar-refractivity contribution is 9.10. The number of nitrogens with zero attached hydrogens (tertiary/aromatic N) is 3. The number of phenolic OH excluding ortho intramolecular Hbond substituents is 1. The molecule has 280 valence electrons. The molecule has 3 heterocycles. The second-order valence-electron chi connectivity index (χ2n) is 14.7. The Labute approximate surface area is 329 Å². The number of amides is 4. The Balaban J connectivity index is 1.17. The Kier molecular flexibility index (Phi) is 8.82. The molecule has 4 amide bonds. The first-order chi connectivity index (χ1) is 26.6. The first-order valence-corrected chi connectivity index (χ1v) is 19.4. The van der Waals surface area contributed by atoms with Gasteiger partial charge in [-0.1, -0.05) is 51.3 Å². The molecule has 4 aromatic rings. The third-order valence-electron chi connectivity index (χ3n) is 12.0. The molecule has 0 unspecified atom stereocenters.